The summed E-state index contributed by atoms with van der Waals surface area (Å²) in [6.45, 7) is 0.937. The maximum Gasteiger partial charge on any atom is 0.0489 e. The lowest BCUT2D eigenvalue weighted by Gasteiger charge is -2.15. The summed E-state index contributed by atoms with van der Waals surface area (Å²) >= 11 is 11.5. The van der Waals surface area contributed by atoms with Gasteiger partial charge in [0.25, 0.3) is 0 Å². The molecule has 0 bridgehead atoms. The summed E-state index contributed by atoms with van der Waals surface area (Å²) in [5.74, 6) is 0. The standard InChI is InChI=1S/C10H13BrClNS/c11-7-4-5-14-10(7)6-13-9-3-1-2-8(9)12/h4-5,8-9,13H,1-3,6H2. The zero-order valence-corrected chi connectivity index (χ0v) is 11.0. The Balaban J connectivity index is 1.85. The van der Waals surface area contributed by atoms with Crippen LogP contribution in [-0.4, -0.2) is 11.4 Å². The van der Waals surface area contributed by atoms with Crippen molar-refractivity contribution in [1.29, 1.82) is 0 Å². The second-order valence-corrected chi connectivity index (χ2v) is 6.04. The fourth-order valence-electron chi connectivity index (χ4n) is 1.82. The number of nitrogens with one attached hydrogen (secondary N) is 1. The van der Waals surface area contributed by atoms with Gasteiger partial charge in [0.15, 0.2) is 0 Å². The third kappa shape index (κ3) is 2.51. The second-order valence-electron chi connectivity index (χ2n) is 3.63. The Bertz CT molecular complexity index is 302. The van der Waals surface area contributed by atoms with Gasteiger partial charge in [0, 0.05) is 27.3 Å². The van der Waals surface area contributed by atoms with Gasteiger partial charge in [0.1, 0.15) is 0 Å². The zero-order valence-electron chi connectivity index (χ0n) is 7.80. The number of thiophene rings is 1. The normalized spacial score (nSPS) is 27.0. The summed E-state index contributed by atoms with van der Waals surface area (Å²) < 4.78 is 1.21. The van der Waals surface area contributed by atoms with Crippen molar-refractivity contribution in [2.75, 3.05) is 0 Å². The molecule has 1 aromatic heterocycles. The van der Waals surface area contributed by atoms with Gasteiger partial charge in [-0.3, -0.25) is 0 Å². The minimum atomic E-state index is 0.328. The Hall–Kier alpha value is 0.430. The van der Waals surface area contributed by atoms with Crippen molar-refractivity contribution in [3.05, 3.63) is 20.8 Å². The van der Waals surface area contributed by atoms with Crippen LogP contribution in [0.1, 0.15) is 24.1 Å². The first kappa shape index (κ1) is 10.9. The molecule has 1 aromatic rings. The van der Waals surface area contributed by atoms with Crippen LogP contribution >= 0.6 is 38.9 Å². The lowest BCUT2D eigenvalue weighted by atomic mass is 10.2. The van der Waals surface area contributed by atoms with E-state index in [1.54, 1.807) is 11.3 Å². The molecule has 78 valence electrons. The largest absolute Gasteiger partial charge is 0.308 e. The minimum Gasteiger partial charge on any atom is -0.308 e. The predicted octanol–water partition coefficient (Wildman–Crippen LogP) is 3.76. The van der Waals surface area contributed by atoms with Crippen LogP contribution in [0, 0.1) is 0 Å². The first-order chi connectivity index (χ1) is 6.77. The summed E-state index contributed by atoms with van der Waals surface area (Å²) in [5, 5.41) is 5.96. The number of alkyl halides is 1. The molecule has 2 atom stereocenters. The van der Waals surface area contributed by atoms with Gasteiger partial charge >= 0.3 is 0 Å². The number of hydrogen-bond acceptors (Lipinski definition) is 2. The van der Waals surface area contributed by atoms with Crippen LogP contribution in [0.25, 0.3) is 0 Å². The summed E-state index contributed by atoms with van der Waals surface area (Å²) in [6, 6.07) is 2.60. The van der Waals surface area contributed by atoms with Crippen molar-refractivity contribution in [2.45, 2.75) is 37.2 Å². The summed E-state index contributed by atoms with van der Waals surface area (Å²) in [6.07, 6.45) is 3.64. The predicted molar refractivity (Wildman–Crippen MR) is 66.1 cm³/mol. The van der Waals surface area contributed by atoms with Gasteiger partial charge in [-0.1, -0.05) is 6.42 Å². The van der Waals surface area contributed by atoms with Gasteiger partial charge in [0.2, 0.25) is 0 Å². The van der Waals surface area contributed by atoms with Gasteiger partial charge in [-0.2, -0.15) is 0 Å². The Morgan fingerprint density at radius 2 is 2.43 bits per heavy atom. The van der Waals surface area contributed by atoms with E-state index < -0.39 is 0 Å². The average Bonchev–Trinajstić information content (AvgIpc) is 2.72. The lowest BCUT2D eigenvalue weighted by molar-refractivity contribution is 0.531. The molecule has 0 amide bonds. The van der Waals surface area contributed by atoms with E-state index in [4.69, 9.17) is 11.6 Å². The van der Waals surface area contributed by atoms with Crippen molar-refractivity contribution < 1.29 is 0 Å². The maximum absolute atomic E-state index is 6.19. The molecule has 14 heavy (non-hydrogen) atoms. The third-order valence-electron chi connectivity index (χ3n) is 2.65. The molecule has 0 aliphatic heterocycles. The van der Waals surface area contributed by atoms with Crippen LogP contribution in [0.2, 0.25) is 0 Å². The SMILES string of the molecule is ClC1CCCC1NCc1sccc1Br. The van der Waals surface area contributed by atoms with Crippen molar-refractivity contribution in [2.24, 2.45) is 0 Å². The maximum atomic E-state index is 6.19. The van der Waals surface area contributed by atoms with E-state index in [0.29, 0.717) is 11.4 Å². The second kappa shape index (κ2) is 4.97. The highest BCUT2D eigenvalue weighted by atomic mass is 79.9. The fraction of sp³-hybridized carbons (Fsp3) is 0.600. The van der Waals surface area contributed by atoms with E-state index in [0.717, 1.165) is 13.0 Å². The summed E-state index contributed by atoms with van der Waals surface area (Å²) in [5.41, 5.74) is 0. The first-order valence-corrected chi connectivity index (χ1v) is 6.97. The number of halogens is 2. The summed E-state index contributed by atoms with van der Waals surface area (Å²) in [4.78, 5) is 1.36. The number of hydrogen-bond donors (Lipinski definition) is 1. The molecular formula is C10H13BrClNS. The van der Waals surface area contributed by atoms with Gasteiger partial charge in [-0.15, -0.1) is 22.9 Å². The Labute approximate surface area is 102 Å². The Morgan fingerprint density at radius 1 is 1.57 bits per heavy atom. The van der Waals surface area contributed by atoms with Crippen molar-refractivity contribution in [3.8, 4) is 0 Å². The van der Waals surface area contributed by atoms with Crippen molar-refractivity contribution >= 4 is 38.9 Å². The highest BCUT2D eigenvalue weighted by Crippen LogP contribution is 2.26. The van der Waals surface area contributed by atoms with E-state index in [-0.39, 0.29) is 0 Å². The molecule has 1 fully saturated rings. The molecule has 2 rings (SSSR count). The van der Waals surface area contributed by atoms with Gasteiger partial charge in [-0.25, -0.2) is 0 Å². The topological polar surface area (TPSA) is 12.0 Å². The van der Waals surface area contributed by atoms with Gasteiger partial charge in [-0.05, 0) is 40.2 Å². The van der Waals surface area contributed by atoms with E-state index in [1.807, 2.05) is 0 Å². The van der Waals surface area contributed by atoms with E-state index in [1.165, 1.54) is 22.2 Å². The molecule has 4 heteroatoms. The van der Waals surface area contributed by atoms with Crippen molar-refractivity contribution in [1.82, 2.24) is 5.32 Å². The molecule has 0 radical (unpaired) electrons. The number of rotatable bonds is 3. The van der Waals surface area contributed by atoms with Crippen LogP contribution < -0.4 is 5.32 Å². The molecule has 2 unspecified atom stereocenters. The Kier molecular flexibility index (Phi) is 3.88. The molecule has 1 heterocycles. The lowest BCUT2D eigenvalue weighted by Crippen LogP contribution is -2.32. The van der Waals surface area contributed by atoms with Gasteiger partial charge in [0.05, 0.1) is 0 Å². The van der Waals surface area contributed by atoms with E-state index in [9.17, 15) is 0 Å². The molecule has 1 aliphatic rings. The van der Waals surface area contributed by atoms with Gasteiger partial charge < -0.3 is 5.32 Å². The quantitative estimate of drug-likeness (QED) is 0.837. The van der Waals surface area contributed by atoms with Crippen LogP contribution in [0.5, 0.6) is 0 Å². The zero-order chi connectivity index (χ0) is 9.97. The fourth-order valence-corrected chi connectivity index (χ4v) is 3.63. The molecule has 1 N–H and O–H groups in total. The molecule has 1 saturated carbocycles. The van der Waals surface area contributed by atoms with Crippen LogP contribution in [0.15, 0.2) is 15.9 Å². The smallest absolute Gasteiger partial charge is 0.0489 e. The minimum absolute atomic E-state index is 0.328. The van der Waals surface area contributed by atoms with E-state index >= 15 is 0 Å². The highest BCUT2D eigenvalue weighted by molar-refractivity contribution is 9.10. The monoisotopic (exact) mass is 293 g/mol. The van der Waals surface area contributed by atoms with Crippen LogP contribution in [0.4, 0.5) is 0 Å². The van der Waals surface area contributed by atoms with Crippen LogP contribution in [-0.2, 0) is 6.54 Å². The molecule has 0 aromatic carbocycles. The third-order valence-corrected chi connectivity index (χ3v) is 5.10. The molecule has 0 spiro atoms. The summed E-state index contributed by atoms with van der Waals surface area (Å²) in [7, 11) is 0. The molecule has 1 nitrogen and oxygen atoms in total. The average molecular weight is 295 g/mol. The Morgan fingerprint density at radius 3 is 3.00 bits per heavy atom. The van der Waals surface area contributed by atoms with Crippen molar-refractivity contribution in [3.63, 3.8) is 0 Å². The van der Waals surface area contributed by atoms with Crippen LogP contribution in [0.3, 0.4) is 0 Å². The first-order valence-electron chi connectivity index (χ1n) is 4.86. The highest BCUT2D eigenvalue weighted by Gasteiger charge is 2.24. The molecule has 1 aliphatic carbocycles. The molecular weight excluding hydrogens is 282 g/mol. The molecule has 0 saturated heterocycles. The van der Waals surface area contributed by atoms with E-state index in [2.05, 4.69) is 32.7 Å².